The Hall–Kier alpha value is -1.85. The van der Waals surface area contributed by atoms with Crippen molar-refractivity contribution in [3.63, 3.8) is 0 Å². The van der Waals surface area contributed by atoms with Gasteiger partial charge in [-0.1, -0.05) is 48.4 Å². The van der Waals surface area contributed by atoms with Crippen LogP contribution in [0.25, 0.3) is 0 Å². The van der Waals surface area contributed by atoms with E-state index >= 15 is 0 Å². The molecule has 152 valence electrons. The zero-order valence-electron chi connectivity index (χ0n) is 17.2. The Morgan fingerprint density at radius 2 is 2.04 bits per heavy atom. The van der Waals surface area contributed by atoms with Crippen molar-refractivity contribution in [2.75, 3.05) is 19.8 Å². The Morgan fingerprint density at radius 3 is 2.64 bits per heavy atom. The largest absolute Gasteiger partial charge is 0.381 e. The summed E-state index contributed by atoms with van der Waals surface area (Å²) in [6, 6.07) is 8.61. The van der Waals surface area contributed by atoms with E-state index in [0.717, 1.165) is 37.4 Å². The molecule has 28 heavy (non-hydrogen) atoms. The van der Waals surface area contributed by atoms with Crippen LogP contribution in [0.2, 0.25) is 5.02 Å². The molecular weight excluding hydrogens is 374 g/mol. The topological polar surface area (TPSA) is 56.2 Å². The summed E-state index contributed by atoms with van der Waals surface area (Å²) in [6.07, 6.45) is 1.83. The van der Waals surface area contributed by atoms with Gasteiger partial charge in [-0.05, 0) is 39.2 Å². The summed E-state index contributed by atoms with van der Waals surface area (Å²) in [7, 11) is 0. The number of hydrogen-bond donors (Lipinski definition) is 1. The number of aryl methyl sites for hydroxylation is 2. The maximum absolute atomic E-state index is 12.8. The summed E-state index contributed by atoms with van der Waals surface area (Å²) in [4.78, 5) is 12.8. The van der Waals surface area contributed by atoms with Crippen molar-refractivity contribution in [2.45, 2.75) is 52.5 Å². The van der Waals surface area contributed by atoms with Gasteiger partial charge in [-0.3, -0.25) is 9.48 Å². The fourth-order valence-corrected chi connectivity index (χ4v) is 4.07. The average Bonchev–Trinajstić information content (AvgIpc) is 2.93. The molecule has 1 amide bonds. The third-order valence-electron chi connectivity index (χ3n) is 5.87. The highest BCUT2D eigenvalue weighted by Gasteiger charge is 2.35. The molecule has 0 bridgehead atoms. The quantitative estimate of drug-likeness (QED) is 0.794. The van der Waals surface area contributed by atoms with Gasteiger partial charge in [0.2, 0.25) is 5.91 Å². The van der Waals surface area contributed by atoms with E-state index in [0.29, 0.717) is 18.1 Å². The Bertz CT molecular complexity index is 840. The molecule has 6 heteroatoms. The number of nitrogens with zero attached hydrogens (tertiary/aromatic N) is 2. The molecule has 1 aromatic heterocycles. The molecule has 2 aromatic rings. The third kappa shape index (κ3) is 4.41. The van der Waals surface area contributed by atoms with E-state index in [1.807, 2.05) is 25.5 Å². The van der Waals surface area contributed by atoms with Crippen molar-refractivity contribution in [2.24, 2.45) is 5.92 Å². The minimum Gasteiger partial charge on any atom is -0.381 e. The van der Waals surface area contributed by atoms with Crippen LogP contribution >= 0.6 is 11.6 Å². The van der Waals surface area contributed by atoms with E-state index in [-0.39, 0.29) is 17.2 Å². The molecule has 0 unspecified atom stereocenters. The zero-order valence-corrected chi connectivity index (χ0v) is 18.0. The first-order valence-electron chi connectivity index (χ1n) is 9.94. The van der Waals surface area contributed by atoms with Crippen molar-refractivity contribution in [1.82, 2.24) is 15.1 Å². The van der Waals surface area contributed by atoms with Crippen LogP contribution < -0.4 is 5.32 Å². The monoisotopic (exact) mass is 403 g/mol. The number of halogens is 1. The molecule has 1 aromatic carbocycles. The number of nitrogens with one attached hydrogen (secondary N) is 1. The summed E-state index contributed by atoms with van der Waals surface area (Å²) in [6.45, 7) is 10.5. The number of ether oxygens (including phenoxy) is 1. The molecule has 0 radical (unpaired) electrons. The Balaban J connectivity index is 1.69. The molecule has 1 N–H and O–H groups in total. The highest BCUT2D eigenvalue weighted by atomic mass is 35.5. The van der Waals surface area contributed by atoms with E-state index < -0.39 is 0 Å². The number of aromatic nitrogens is 2. The van der Waals surface area contributed by atoms with Gasteiger partial charge in [-0.25, -0.2) is 0 Å². The van der Waals surface area contributed by atoms with Crippen LogP contribution in [0.4, 0.5) is 0 Å². The number of rotatable bonds is 6. The van der Waals surface area contributed by atoms with Crippen molar-refractivity contribution in [1.29, 1.82) is 0 Å². The van der Waals surface area contributed by atoms with Gasteiger partial charge >= 0.3 is 0 Å². The normalized spacial score (nSPS) is 17.3. The molecular formula is C22H30ClN3O2. The molecule has 2 heterocycles. The highest BCUT2D eigenvalue weighted by Crippen LogP contribution is 2.34. The van der Waals surface area contributed by atoms with Gasteiger partial charge in [0, 0.05) is 25.2 Å². The number of carbonyl (C=O) groups excluding carboxylic acids is 1. The van der Waals surface area contributed by atoms with E-state index in [2.05, 4.69) is 41.6 Å². The van der Waals surface area contributed by atoms with Crippen molar-refractivity contribution in [3.05, 3.63) is 51.8 Å². The maximum Gasteiger partial charge on any atom is 0.224 e. The van der Waals surface area contributed by atoms with Crippen LogP contribution in [-0.4, -0.2) is 35.4 Å². The molecule has 1 saturated heterocycles. The summed E-state index contributed by atoms with van der Waals surface area (Å²) in [5.41, 5.74) is 4.16. The second-order valence-corrected chi connectivity index (χ2v) is 8.43. The summed E-state index contributed by atoms with van der Waals surface area (Å²) in [5.74, 6) is -0.148. The maximum atomic E-state index is 12.8. The number of benzene rings is 1. The minimum atomic E-state index is -0.191. The van der Waals surface area contributed by atoms with Gasteiger partial charge < -0.3 is 10.1 Å². The smallest absolute Gasteiger partial charge is 0.224 e. The molecule has 1 fully saturated rings. The number of amides is 1. The lowest BCUT2D eigenvalue weighted by molar-refractivity contribution is -0.125. The second-order valence-electron chi connectivity index (χ2n) is 8.05. The lowest BCUT2D eigenvalue weighted by Crippen LogP contribution is -2.46. The van der Waals surface area contributed by atoms with E-state index in [1.54, 1.807) is 0 Å². The molecule has 0 spiro atoms. The van der Waals surface area contributed by atoms with Crippen LogP contribution in [0.15, 0.2) is 24.3 Å². The lowest BCUT2D eigenvalue weighted by Gasteiger charge is -2.38. The van der Waals surface area contributed by atoms with Crippen LogP contribution in [0.3, 0.4) is 0 Å². The summed E-state index contributed by atoms with van der Waals surface area (Å²) < 4.78 is 7.43. The Morgan fingerprint density at radius 1 is 1.32 bits per heavy atom. The fraction of sp³-hybridized carbons (Fsp3) is 0.545. The van der Waals surface area contributed by atoms with Gasteiger partial charge in [-0.2, -0.15) is 5.10 Å². The van der Waals surface area contributed by atoms with Crippen LogP contribution in [0.1, 0.15) is 42.3 Å². The van der Waals surface area contributed by atoms with E-state index in [9.17, 15) is 4.79 Å². The average molecular weight is 404 g/mol. The van der Waals surface area contributed by atoms with Crippen LogP contribution in [-0.2, 0) is 21.5 Å². The molecule has 3 rings (SSSR count). The first kappa shape index (κ1) is 20.9. The molecule has 5 nitrogen and oxygen atoms in total. The van der Waals surface area contributed by atoms with Crippen molar-refractivity contribution < 1.29 is 9.53 Å². The van der Waals surface area contributed by atoms with Gasteiger partial charge in [0.1, 0.15) is 0 Å². The summed E-state index contributed by atoms with van der Waals surface area (Å²) in [5, 5.41) is 8.32. The van der Waals surface area contributed by atoms with E-state index in [1.165, 1.54) is 11.1 Å². The van der Waals surface area contributed by atoms with Crippen LogP contribution in [0, 0.1) is 26.7 Å². The molecule has 1 aliphatic heterocycles. The third-order valence-corrected chi connectivity index (χ3v) is 6.42. The highest BCUT2D eigenvalue weighted by molar-refractivity contribution is 6.31. The van der Waals surface area contributed by atoms with Gasteiger partial charge in [0.05, 0.1) is 28.9 Å². The van der Waals surface area contributed by atoms with Crippen molar-refractivity contribution in [3.8, 4) is 0 Å². The summed E-state index contributed by atoms with van der Waals surface area (Å²) >= 11 is 6.23. The van der Waals surface area contributed by atoms with Gasteiger partial charge in [0.25, 0.3) is 0 Å². The van der Waals surface area contributed by atoms with E-state index in [4.69, 9.17) is 16.3 Å². The number of carbonyl (C=O) groups is 1. The lowest BCUT2D eigenvalue weighted by atomic mass is 9.73. The van der Waals surface area contributed by atoms with Crippen LogP contribution in [0.5, 0.6) is 0 Å². The fourth-order valence-electron chi connectivity index (χ4n) is 3.93. The second kappa shape index (κ2) is 8.66. The van der Waals surface area contributed by atoms with Gasteiger partial charge in [0.15, 0.2) is 0 Å². The predicted octanol–water partition coefficient (Wildman–Crippen LogP) is 3.96. The predicted molar refractivity (Wildman–Crippen MR) is 112 cm³/mol. The first-order chi connectivity index (χ1) is 13.3. The Labute approximate surface area is 172 Å². The Kier molecular flexibility index (Phi) is 6.46. The van der Waals surface area contributed by atoms with Crippen molar-refractivity contribution >= 4 is 17.5 Å². The van der Waals surface area contributed by atoms with Gasteiger partial charge in [-0.15, -0.1) is 0 Å². The molecule has 0 aliphatic carbocycles. The molecule has 0 saturated carbocycles. The number of hydrogen-bond acceptors (Lipinski definition) is 3. The standard InChI is InChI=1S/C22H30ClN3O2/c1-15-6-5-7-19(12-15)22(8-10-28-11-9-22)14-24-21(27)16(2)13-26-18(4)20(23)17(3)25-26/h5-7,12,16H,8-11,13-14H2,1-4H3,(H,24,27)/t16-/m1/s1. The SMILES string of the molecule is Cc1cccc(C2(CNC(=O)[C@H](C)Cn3nc(C)c(Cl)c3C)CCOCC2)c1. The molecule has 1 atom stereocenters. The molecule has 1 aliphatic rings. The minimum absolute atomic E-state index is 0.0437. The first-order valence-corrected chi connectivity index (χ1v) is 10.3. The zero-order chi connectivity index (χ0) is 20.3.